The fourth-order valence-corrected chi connectivity index (χ4v) is 9.62. The summed E-state index contributed by atoms with van der Waals surface area (Å²) in [6.07, 6.45) is -21.6. The first-order chi connectivity index (χ1) is 35.9. The van der Waals surface area contributed by atoms with Crippen molar-refractivity contribution in [2.45, 2.75) is 158 Å². The second-order valence-corrected chi connectivity index (χ2v) is 18.7. The average molecular weight is 1070 g/mol. The van der Waals surface area contributed by atoms with Gasteiger partial charge in [0.15, 0.2) is 49.2 Å². The fraction of sp³-hybridized carbons (Fsp3) is 0.519. The van der Waals surface area contributed by atoms with E-state index in [1.165, 1.54) is 11.8 Å². The predicted octanol–water partition coefficient (Wildman–Crippen LogP) is 3.67. The van der Waals surface area contributed by atoms with Crippen molar-refractivity contribution in [2.75, 3.05) is 19.8 Å². The van der Waals surface area contributed by atoms with E-state index in [2.05, 4.69) is 0 Å². The van der Waals surface area contributed by atoms with Gasteiger partial charge in [-0.2, -0.15) is 0 Å². The van der Waals surface area contributed by atoms with E-state index in [0.29, 0.717) is 0 Å². The number of rotatable bonds is 22. The van der Waals surface area contributed by atoms with E-state index in [9.17, 15) is 38.7 Å². The molecule has 0 saturated carbocycles. The number of aliphatic hydroxyl groups excluding tert-OH is 1. The van der Waals surface area contributed by atoms with Crippen molar-refractivity contribution >= 4 is 53.5 Å². The Kier molecular flexibility index (Phi) is 21.9. The highest BCUT2D eigenvalue weighted by atomic mass is 32.2. The van der Waals surface area contributed by atoms with Crippen molar-refractivity contribution in [3.05, 3.63) is 102 Å². The summed E-state index contributed by atoms with van der Waals surface area (Å²) in [4.78, 5) is 89.2. The van der Waals surface area contributed by atoms with E-state index < -0.39 is 153 Å². The molecular weight excluding hydrogens is 1010 g/mol. The molecule has 15 atom stereocenters. The van der Waals surface area contributed by atoms with E-state index in [0.717, 1.165) is 64.5 Å². The Bertz CT molecular complexity index is 2360. The molecule has 6 rings (SSSR count). The Morgan fingerprint density at radius 3 is 1.29 bits per heavy atom. The number of hydrogen-bond acceptors (Lipinski definition) is 23. The summed E-state index contributed by atoms with van der Waals surface area (Å²) in [6, 6.07) is 27.8. The first kappa shape index (κ1) is 58.2. The minimum absolute atomic E-state index is 0.00193. The third-order valence-corrected chi connectivity index (χ3v) is 12.6. The van der Waals surface area contributed by atoms with E-state index in [1.54, 1.807) is 0 Å². The zero-order valence-corrected chi connectivity index (χ0v) is 43.1. The second-order valence-electron chi connectivity index (χ2n) is 17.5. The Morgan fingerprint density at radius 1 is 0.427 bits per heavy atom. The zero-order chi connectivity index (χ0) is 54.2. The predicted molar refractivity (Wildman–Crippen MR) is 256 cm³/mol. The molecule has 3 aromatic carbocycles. The summed E-state index contributed by atoms with van der Waals surface area (Å²) in [5.74, 6) is -6.15. The SMILES string of the molecule is CC(=O)OC[C@H]1O[C@H](O[C@@H]2[C@@H](OC[C@H]3O[C@H](Sc4ccccc4)[C@@H](OCc4ccccc4)[C@@H](O)[C@@H]3OCc3ccccc3)O[C@H](COC(C)=O)[C@@H](OC(C)=O)[C@@H]2OC(C)=O)[C@@H](OC(C)=O)[C@@H](OC(C)=O)[C@@H]1OC(C)=O. The first-order valence-electron chi connectivity index (χ1n) is 23.9. The molecule has 3 heterocycles. The van der Waals surface area contributed by atoms with Crippen molar-refractivity contribution in [2.24, 2.45) is 0 Å². The van der Waals surface area contributed by atoms with Gasteiger partial charge >= 0.3 is 41.8 Å². The molecule has 408 valence electrons. The molecule has 0 amide bonds. The molecule has 0 bridgehead atoms. The maximum atomic E-state index is 13.1. The van der Waals surface area contributed by atoms with E-state index in [1.807, 2.05) is 91.0 Å². The van der Waals surface area contributed by atoms with Crippen molar-refractivity contribution < 1.29 is 105 Å². The van der Waals surface area contributed by atoms with Crippen LogP contribution in [-0.2, 0) is 113 Å². The van der Waals surface area contributed by atoms with E-state index in [-0.39, 0.29) is 13.2 Å². The highest BCUT2D eigenvalue weighted by Gasteiger charge is 2.58. The lowest BCUT2D eigenvalue weighted by molar-refractivity contribution is -0.371. The molecule has 3 aliphatic heterocycles. The van der Waals surface area contributed by atoms with Crippen molar-refractivity contribution in [3.8, 4) is 0 Å². The maximum absolute atomic E-state index is 13.1. The normalized spacial score (nSPS) is 29.4. The van der Waals surface area contributed by atoms with Crippen LogP contribution in [0.15, 0.2) is 95.9 Å². The van der Waals surface area contributed by atoms with E-state index >= 15 is 0 Å². The van der Waals surface area contributed by atoms with Gasteiger partial charge < -0.3 is 71.4 Å². The van der Waals surface area contributed by atoms with Gasteiger partial charge in [0, 0.05) is 53.4 Å². The molecule has 3 aliphatic rings. The first-order valence-corrected chi connectivity index (χ1v) is 24.8. The Hall–Kier alpha value is -6.02. The lowest BCUT2D eigenvalue weighted by atomic mass is 9.96. The summed E-state index contributed by atoms with van der Waals surface area (Å²) in [6.45, 7) is 5.84. The number of carbonyl (C=O) groups is 7. The summed E-state index contributed by atoms with van der Waals surface area (Å²) in [5.41, 5.74) is 0.678. The van der Waals surface area contributed by atoms with Crippen LogP contribution in [0.2, 0.25) is 0 Å². The smallest absolute Gasteiger partial charge is 0.303 e. The van der Waals surface area contributed by atoms with Crippen LogP contribution in [0.4, 0.5) is 0 Å². The molecule has 1 N–H and O–H groups in total. The molecule has 0 aromatic heterocycles. The van der Waals surface area contributed by atoms with Gasteiger partial charge in [-0.15, -0.1) is 0 Å². The quantitative estimate of drug-likeness (QED) is 0.111. The van der Waals surface area contributed by atoms with E-state index in [4.69, 9.17) is 66.3 Å². The standard InChI is InChI=1S/C52H62O22S/c1-28(53)61-25-39-43(66-30(3)55)46(68-32(5)57)48(74-51-49(70-34(7)59)47(69-33(6)58)44(67-31(4)56)40(72-51)26-62-29(2)54)50(71-39)65-27-38-42(63-23-35-17-11-8-12-18-35)41(60)45(64-24-36-19-13-9-14-20-36)52(73-38)75-37-21-15-10-16-22-37/h8-22,38-52,60H,23-27H2,1-7H3/t38-,39-,40-,41+,42-,43-,44-,45+,46+,47+,48+,49+,50+,51-,52-/m1/s1. The lowest BCUT2D eigenvalue weighted by Gasteiger charge is -2.49. The number of ether oxygens (including phenoxy) is 14. The van der Waals surface area contributed by atoms with Gasteiger partial charge in [-0.25, -0.2) is 0 Å². The molecular formula is C52H62O22S. The van der Waals surface area contributed by atoms with Crippen LogP contribution in [0.5, 0.6) is 0 Å². The molecule has 0 aliphatic carbocycles. The Balaban J connectivity index is 1.43. The Labute approximate surface area is 437 Å². The summed E-state index contributed by atoms with van der Waals surface area (Å²) in [7, 11) is 0. The van der Waals surface area contributed by atoms with Gasteiger partial charge in [0.1, 0.15) is 55.3 Å². The lowest BCUT2D eigenvalue weighted by Crippen LogP contribution is -2.67. The molecule has 75 heavy (non-hydrogen) atoms. The number of carbonyl (C=O) groups excluding carboxylic acids is 7. The summed E-state index contributed by atoms with van der Waals surface area (Å²) < 4.78 is 84.6. The summed E-state index contributed by atoms with van der Waals surface area (Å²) >= 11 is 1.27. The number of thioether (sulfide) groups is 1. The van der Waals surface area contributed by atoms with Gasteiger partial charge in [0.2, 0.25) is 0 Å². The van der Waals surface area contributed by atoms with Gasteiger partial charge in [-0.3, -0.25) is 33.6 Å². The number of esters is 7. The van der Waals surface area contributed by atoms with Gasteiger partial charge in [0.05, 0.1) is 19.8 Å². The van der Waals surface area contributed by atoms with Crippen molar-refractivity contribution in [3.63, 3.8) is 0 Å². The van der Waals surface area contributed by atoms with Crippen LogP contribution in [0.3, 0.4) is 0 Å². The monoisotopic (exact) mass is 1070 g/mol. The highest BCUT2D eigenvalue weighted by molar-refractivity contribution is 7.99. The Morgan fingerprint density at radius 2 is 0.827 bits per heavy atom. The largest absolute Gasteiger partial charge is 0.463 e. The van der Waals surface area contributed by atoms with Crippen LogP contribution in [0.1, 0.15) is 59.6 Å². The molecule has 0 unspecified atom stereocenters. The fourth-order valence-electron chi connectivity index (χ4n) is 8.47. The number of hydrogen-bond donors (Lipinski definition) is 1. The van der Waals surface area contributed by atoms with Crippen molar-refractivity contribution in [1.82, 2.24) is 0 Å². The molecule has 3 saturated heterocycles. The van der Waals surface area contributed by atoms with Crippen LogP contribution in [0.25, 0.3) is 0 Å². The third-order valence-electron chi connectivity index (χ3n) is 11.5. The van der Waals surface area contributed by atoms with Crippen LogP contribution in [0, 0.1) is 0 Å². The van der Waals surface area contributed by atoms with Gasteiger partial charge in [0.25, 0.3) is 0 Å². The average Bonchev–Trinajstić information content (AvgIpc) is 3.35. The maximum Gasteiger partial charge on any atom is 0.303 e. The van der Waals surface area contributed by atoms with Crippen molar-refractivity contribution in [1.29, 1.82) is 0 Å². The zero-order valence-electron chi connectivity index (χ0n) is 42.3. The number of benzene rings is 3. The summed E-state index contributed by atoms with van der Waals surface area (Å²) in [5, 5.41) is 12.4. The molecule has 3 fully saturated rings. The molecule has 23 heteroatoms. The van der Waals surface area contributed by atoms with Crippen LogP contribution >= 0.6 is 11.8 Å². The second kappa shape index (κ2) is 28.2. The molecule has 0 spiro atoms. The molecule has 3 aromatic rings. The minimum Gasteiger partial charge on any atom is -0.463 e. The minimum atomic E-state index is -1.92. The van der Waals surface area contributed by atoms with Crippen LogP contribution in [-0.4, -0.2) is 158 Å². The molecule has 0 radical (unpaired) electrons. The van der Waals surface area contributed by atoms with Gasteiger partial charge in [-0.05, 0) is 23.3 Å². The van der Waals surface area contributed by atoms with Gasteiger partial charge in [-0.1, -0.05) is 90.6 Å². The topological polar surface area (TPSA) is 269 Å². The number of aliphatic hydroxyl groups is 1. The highest BCUT2D eigenvalue weighted by Crippen LogP contribution is 2.39. The third kappa shape index (κ3) is 17.3. The van der Waals surface area contributed by atoms with Crippen LogP contribution < -0.4 is 0 Å². The molecule has 22 nitrogen and oxygen atoms in total.